The van der Waals surface area contributed by atoms with Crippen LogP contribution in [0.4, 0.5) is 4.39 Å². The molecule has 0 aromatic heterocycles. The zero-order valence-corrected chi connectivity index (χ0v) is 10.8. The van der Waals surface area contributed by atoms with Gasteiger partial charge in [-0.2, -0.15) is 0 Å². The van der Waals surface area contributed by atoms with Crippen molar-refractivity contribution in [1.29, 1.82) is 0 Å². The van der Waals surface area contributed by atoms with E-state index in [9.17, 15) is 4.39 Å². The van der Waals surface area contributed by atoms with Gasteiger partial charge in [-0.25, -0.2) is 4.39 Å². The molecule has 1 aromatic rings. The van der Waals surface area contributed by atoms with Crippen LogP contribution in [0.1, 0.15) is 24.8 Å². The highest BCUT2D eigenvalue weighted by atomic mass is 19.1. The summed E-state index contributed by atoms with van der Waals surface area (Å²) < 4.78 is 12.9. The zero-order valence-electron chi connectivity index (χ0n) is 10.8. The zero-order chi connectivity index (χ0) is 12.4. The van der Waals surface area contributed by atoms with Crippen LogP contribution < -0.4 is 0 Å². The third-order valence-corrected chi connectivity index (χ3v) is 4.21. The van der Waals surface area contributed by atoms with E-state index < -0.39 is 0 Å². The Hall–Kier alpha value is -0.930. The fourth-order valence-corrected chi connectivity index (χ4v) is 3.27. The first-order chi connectivity index (χ1) is 8.81. The molecule has 1 atom stereocenters. The van der Waals surface area contributed by atoms with Gasteiger partial charge >= 0.3 is 0 Å². The molecule has 0 spiro atoms. The van der Waals surface area contributed by atoms with E-state index >= 15 is 0 Å². The van der Waals surface area contributed by atoms with E-state index in [2.05, 4.69) is 9.80 Å². The van der Waals surface area contributed by atoms with E-state index in [1.165, 1.54) is 51.0 Å². The van der Waals surface area contributed by atoms with Crippen LogP contribution in [0.15, 0.2) is 24.3 Å². The van der Waals surface area contributed by atoms with Gasteiger partial charge in [-0.1, -0.05) is 12.1 Å². The van der Waals surface area contributed by atoms with Crippen LogP contribution in [-0.2, 0) is 6.54 Å². The first-order valence-corrected chi connectivity index (χ1v) is 7.02. The molecule has 0 saturated carbocycles. The van der Waals surface area contributed by atoms with E-state index in [0.29, 0.717) is 0 Å². The Morgan fingerprint density at radius 2 is 1.83 bits per heavy atom. The van der Waals surface area contributed by atoms with Gasteiger partial charge in [0.25, 0.3) is 0 Å². The highest BCUT2D eigenvalue weighted by Crippen LogP contribution is 2.22. The monoisotopic (exact) mass is 248 g/mol. The molecule has 3 heteroatoms. The molecule has 2 heterocycles. The molecule has 2 aliphatic rings. The number of fused-ring (bicyclic) bond motifs is 1. The molecule has 2 fully saturated rings. The molecule has 0 amide bonds. The normalized spacial score (nSPS) is 25.9. The Bertz CT molecular complexity index is 390. The fraction of sp³-hybridized carbons (Fsp3) is 0.600. The SMILES string of the molecule is Fc1ccc(CN2CCCN3CCC[C@@H]3C2)cc1. The standard InChI is InChI=1S/C15H21FN2/c16-14-6-4-13(5-7-14)11-17-8-2-10-18-9-1-3-15(18)12-17/h4-7,15H,1-3,8-12H2/t15-/m1/s1. The van der Waals surface area contributed by atoms with Gasteiger partial charge in [0.15, 0.2) is 0 Å². The maximum Gasteiger partial charge on any atom is 0.123 e. The molecule has 2 nitrogen and oxygen atoms in total. The van der Waals surface area contributed by atoms with Gasteiger partial charge in [0.05, 0.1) is 0 Å². The third-order valence-electron chi connectivity index (χ3n) is 4.21. The van der Waals surface area contributed by atoms with Crippen molar-refractivity contribution in [2.75, 3.05) is 26.2 Å². The molecule has 3 rings (SSSR count). The molecule has 98 valence electrons. The molecule has 0 aliphatic carbocycles. The second kappa shape index (κ2) is 5.37. The van der Waals surface area contributed by atoms with Crippen molar-refractivity contribution in [2.45, 2.75) is 31.8 Å². The molecular formula is C15H21FN2. The van der Waals surface area contributed by atoms with Crippen molar-refractivity contribution < 1.29 is 4.39 Å². The molecule has 1 aromatic carbocycles. The maximum atomic E-state index is 12.9. The summed E-state index contributed by atoms with van der Waals surface area (Å²) in [5.41, 5.74) is 1.22. The summed E-state index contributed by atoms with van der Waals surface area (Å²) in [7, 11) is 0. The summed E-state index contributed by atoms with van der Waals surface area (Å²) in [6.45, 7) is 5.85. The average molecular weight is 248 g/mol. The van der Waals surface area contributed by atoms with E-state index in [-0.39, 0.29) is 5.82 Å². The first-order valence-electron chi connectivity index (χ1n) is 7.02. The first kappa shape index (κ1) is 12.1. The second-order valence-electron chi connectivity index (χ2n) is 5.55. The maximum absolute atomic E-state index is 12.9. The second-order valence-corrected chi connectivity index (χ2v) is 5.55. The van der Waals surface area contributed by atoms with Crippen molar-refractivity contribution in [3.05, 3.63) is 35.6 Å². The van der Waals surface area contributed by atoms with Crippen LogP contribution in [0, 0.1) is 5.82 Å². The molecule has 0 unspecified atom stereocenters. The van der Waals surface area contributed by atoms with Crippen LogP contribution in [0.25, 0.3) is 0 Å². The third kappa shape index (κ3) is 2.73. The predicted octanol–water partition coefficient (Wildman–Crippen LogP) is 2.50. The van der Waals surface area contributed by atoms with Gasteiger partial charge in [0.2, 0.25) is 0 Å². The lowest BCUT2D eigenvalue weighted by Crippen LogP contribution is -2.36. The van der Waals surface area contributed by atoms with Crippen LogP contribution in [-0.4, -0.2) is 42.0 Å². The summed E-state index contributed by atoms with van der Waals surface area (Å²) in [4.78, 5) is 5.17. The summed E-state index contributed by atoms with van der Waals surface area (Å²) in [6.07, 6.45) is 3.96. The molecular weight excluding hydrogens is 227 g/mol. The smallest absolute Gasteiger partial charge is 0.123 e. The average Bonchev–Trinajstić information content (AvgIpc) is 2.71. The molecule has 0 bridgehead atoms. The van der Waals surface area contributed by atoms with E-state index in [0.717, 1.165) is 12.6 Å². The lowest BCUT2D eigenvalue weighted by atomic mass is 10.1. The molecule has 2 saturated heterocycles. The Kier molecular flexibility index (Phi) is 3.62. The van der Waals surface area contributed by atoms with Crippen molar-refractivity contribution in [3.8, 4) is 0 Å². The summed E-state index contributed by atoms with van der Waals surface area (Å²) in [5, 5.41) is 0. The minimum atomic E-state index is -0.142. The highest BCUT2D eigenvalue weighted by molar-refractivity contribution is 5.16. The number of hydrogen-bond acceptors (Lipinski definition) is 2. The van der Waals surface area contributed by atoms with Gasteiger partial charge < -0.3 is 0 Å². The topological polar surface area (TPSA) is 6.48 Å². The molecule has 2 aliphatic heterocycles. The minimum Gasteiger partial charge on any atom is -0.299 e. The Morgan fingerprint density at radius 1 is 1.06 bits per heavy atom. The van der Waals surface area contributed by atoms with Crippen molar-refractivity contribution in [3.63, 3.8) is 0 Å². The number of hydrogen-bond donors (Lipinski definition) is 0. The number of nitrogens with zero attached hydrogens (tertiary/aromatic N) is 2. The summed E-state index contributed by atoms with van der Waals surface area (Å²) in [6, 6.07) is 7.71. The quantitative estimate of drug-likeness (QED) is 0.793. The predicted molar refractivity (Wildman–Crippen MR) is 70.9 cm³/mol. The Labute approximate surface area is 108 Å². The van der Waals surface area contributed by atoms with Gasteiger partial charge in [-0.15, -0.1) is 0 Å². The van der Waals surface area contributed by atoms with Crippen molar-refractivity contribution in [1.82, 2.24) is 9.80 Å². The molecule has 18 heavy (non-hydrogen) atoms. The number of halogens is 1. The van der Waals surface area contributed by atoms with Gasteiger partial charge in [0, 0.05) is 19.1 Å². The van der Waals surface area contributed by atoms with E-state index in [1.54, 1.807) is 12.1 Å². The number of benzene rings is 1. The summed E-state index contributed by atoms with van der Waals surface area (Å²) in [5.74, 6) is -0.142. The van der Waals surface area contributed by atoms with E-state index in [4.69, 9.17) is 0 Å². The van der Waals surface area contributed by atoms with Crippen molar-refractivity contribution >= 4 is 0 Å². The van der Waals surface area contributed by atoms with Crippen LogP contribution in [0.2, 0.25) is 0 Å². The van der Waals surface area contributed by atoms with Gasteiger partial charge in [0.1, 0.15) is 5.82 Å². The van der Waals surface area contributed by atoms with Gasteiger partial charge in [-0.3, -0.25) is 9.80 Å². The van der Waals surface area contributed by atoms with Gasteiger partial charge in [-0.05, 0) is 56.6 Å². The molecule has 0 radical (unpaired) electrons. The van der Waals surface area contributed by atoms with Crippen LogP contribution in [0.5, 0.6) is 0 Å². The lowest BCUT2D eigenvalue weighted by Gasteiger charge is -2.25. The van der Waals surface area contributed by atoms with E-state index in [1.807, 2.05) is 12.1 Å². The highest BCUT2D eigenvalue weighted by Gasteiger charge is 2.28. The van der Waals surface area contributed by atoms with Crippen LogP contribution >= 0.6 is 0 Å². The Morgan fingerprint density at radius 3 is 2.67 bits per heavy atom. The largest absolute Gasteiger partial charge is 0.299 e. The lowest BCUT2D eigenvalue weighted by molar-refractivity contribution is 0.215. The fourth-order valence-electron chi connectivity index (χ4n) is 3.27. The number of rotatable bonds is 2. The Balaban J connectivity index is 1.63. The molecule has 0 N–H and O–H groups in total. The minimum absolute atomic E-state index is 0.142. The van der Waals surface area contributed by atoms with Crippen LogP contribution in [0.3, 0.4) is 0 Å². The summed E-state index contributed by atoms with van der Waals surface area (Å²) >= 11 is 0. The van der Waals surface area contributed by atoms with Crippen molar-refractivity contribution in [2.24, 2.45) is 0 Å².